The predicted octanol–water partition coefficient (Wildman–Crippen LogP) is 5.33. The van der Waals surface area contributed by atoms with Crippen molar-refractivity contribution in [2.24, 2.45) is 0 Å². The molecule has 0 unspecified atom stereocenters. The number of anilines is 2. The van der Waals surface area contributed by atoms with Crippen LogP contribution in [0.5, 0.6) is 0 Å². The Morgan fingerprint density at radius 3 is 2.71 bits per heavy atom. The van der Waals surface area contributed by atoms with E-state index in [1.807, 2.05) is 29.6 Å². The molecule has 2 aromatic carbocycles. The van der Waals surface area contributed by atoms with Crippen LogP contribution in [0.4, 0.5) is 11.6 Å². The molecule has 4 aromatic rings. The number of benzene rings is 2. The van der Waals surface area contributed by atoms with Gasteiger partial charge in [-0.3, -0.25) is 9.78 Å². The Balaban J connectivity index is 1.46. The average molecular weight is 451 g/mol. The third kappa shape index (κ3) is 3.82. The zero-order chi connectivity index (χ0) is 21.5. The lowest BCUT2D eigenvalue weighted by atomic mass is 10.1. The molecule has 0 radical (unpaired) electrons. The fourth-order valence-corrected chi connectivity index (χ4v) is 5.27. The van der Waals surface area contributed by atoms with Crippen molar-refractivity contribution >= 4 is 44.8 Å². The first-order valence-electron chi connectivity index (χ1n) is 10.4. The van der Waals surface area contributed by atoms with Crippen molar-refractivity contribution in [1.82, 2.24) is 9.97 Å². The molecule has 1 fully saturated rings. The van der Waals surface area contributed by atoms with Crippen LogP contribution in [0.1, 0.15) is 12.5 Å². The van der Waals surface area contributed by atoms with Crippen molar-refractivity contribution < 1.29 is 0 Å². The van der Waals surface area contributed by atoms with Crippen LogP contribution in [-0.4, -0.2) is 35.6 Å². The van der Waals surface area contributed by atoms with Crippen LogP contribution < -0.4 is 15.4 Å². The van der Waals surface area contributed by atoms with Crippen molar-refractivity contribution in [2.75, 3.05) is 29.4 Å². The topological polar surface area (TPSA) is 52.2 Å². The minimum atomic E-state index is -0.0843. The van der Waals surface area contributed by atoms with Gasteiger partial charge in [0, 0.05) is 47.3 Å². The van der Waals surface area contributed by atoms with Crippen LogP contribution in [0.25, 0.3) is 21.3 Å². The van der Waals surface area contributed by atoms with Gasteiger partial charge in [-0.15, -0.1) is 11.3 Å². The summed E-state index contributed by atoms with van der Waals surface area (Å²) in [6.07, 6.45) is 0. The molecular formula is C24H23ClN4OS. The van der Waals surface area contributed by atoms with E-state index in [1.54, 1.807) is 0 Å². The highest BCUT2D eigenvalue weighted by molar-refractivity contribution is 7.17. The first-order valence-corrected chi connectivity index (χ1v) is 11.6. The van der Waals surface area contributed by atoms with Crippen LogP contribution in [0.3, 0.4) is 0 Å². The monoisotopic (exact) mass is 450 g/mol. The van der Waals surface area contributed by atoms with Crippen LogP contribution >= 0.6 is 22.9 Å². The van der Waals surface area contributed by atoms with Gasteiger partial charge in [0.15, 0.2) is 0 Å². The number of rotatable bonds is 3. The van der Waals surface area contributed by atoms with Gasteiger partial charge in [0.1, 0.15) is 4.70 Å². The molecule has 0 bridgehead atoms. The lowest BCUT2D eigenvalue weighted by Crippen LogP contribution is -2.52. The first-order chi connectivity index (χ1) is 15.0. The Morgan fingerprint density at radius 2 is 1.97 bits per heavy atom. The maximum absolute atomic E-state index is 12.8. The van der Waals surface area contributed by atoms with E-state index < -0.39 is 0 Å². The van der Waals surface area contributed by atoms with Crippen molar-refractivity contribution in [3.63, 3.8) is 0 Å². The summed E-state index contributed by atoms with van der Waals surface area (Å²) in [7, 11) is 0. The summed E-state index contributed by atoms with van der Waals surface area (Å²) in [4.78, 5) is 25.3. The quantitative estimate of drug-likeness (QED) is 0.458. The van der Waals surface area contributed by atoms with Crippen molar-refractivity contribution in [1.29, 1.82) is 0 Å². The molecule has 5 nitrogen and oxygen atoms in total. The normalized spacial score (nSPS) is 16.8. The van der Waals surface area contributed by atoms with Gasteiger partial charge in [-0.2, -0.15) is 0 Å². The SMILES string of the molecule is Cc1cccc(N2CCN(c3nc4c(-c5ccc(Cl)cc5)csc4c(=O)[nH]3)C[C@@H]2C)c1. The Labute approximate surface area is 189 Å². The number of aromatic nitrogens is 2. The van der Waals surface area contributed by atoms with E-state index in [0.717, 1.165) is 36.3 Å². The fraction of sp³-hybridized carbons (Fsp3) is 0.250. The second-order valence-corrected chi connectivity index (χ2v) is 9.37. The van der Waals surface area contributed by atoms with E-state index in [9.17, 15) is 4.79 Å². The minimum Gasteiger partial charge on any atom is -0.365 e. The molecule has 7 heteroatoms. The van der Waals surface area contributed by atoms with Gasteiger partial charge in [-0.05, 0) is 49.2 Å². The fourth-order valence-electron chi connectivity index (χ4n) is 4.24. The predicted molar refractivity (Wildman–Crippen MR) is 131 cm³/mol. The molecule has 2 aromatic heterocycles. The van der Waals surface area contributed by atoms with E-state index in [1.165, 1.54) is 22.6 Å². The summed E-state index contributed by atoms with van der Waals surface area (Å²) in [5.74, 6) is 0.641. The molecule has 0 aliphatic carbocycles. The summed E-state index contributed by atoms with van der Waals surface area (Å²) in [6.45, 7) is 6.80. The first kappa shape index (κ1) is 20.1. The second-order valence-electron chi connectivity index (χ2n) is 8.05. The molecule has 31 heavy (non-hydrogen) atoms. The number of piperazine rings is 1. The molecule has 3 heterocycles. The third-order valence-electron chi connectivity index (χ3n) is 5.83. The van der Waals surface area contributed by atoms with E-state index >= 15 is 0 Å². The number of aryl methyl sites for hydroxylation is 1. The third-order valence-corrected chi connectivity index (χ3v) is 7.05. The summed E-state index contributed by atoms with van der Waals surface area (Å²) in [5.41, 5.74) is 5.15. The molecule has 1 atom stereocenters. The minimum absolute atomic E-state index is 0.0843. The molecule has 5 rings (SSSR count). The van der Waals surface area contributed by atoms with Gasteiger partial charge in [-0.1, -0.05) is 35.9 Å². The standard InChI is InChI=1S/C24H23ClN4OS/c1-15-4-3-5-19(12-15)29-11-10-28(13-16(29)2)24-26-21-20(14-31-22(21)23(30)27-24)17-6-8-18(25)9-7-17/h3-9,12,14,16H,10-11,13H2,1-2H3,(H,26,27,30)/t16-/m0/s1. The Kier molecular flexibility index (Phi) is 5.20. The van der Waals surface area contributed by atoms with Crippen molar-refractivity contribution in [3.8, 4) is 11.1 Å². The Hall–Kier alpha value is -2.83. The van der Waals surface area contributed by atoms with Gasteiger partial charge >= 0.3 is 0 Å². The van der Waals surface area contributed by atoms with Gasteiger partial charge in [-0.25, -0.2) is 4.98 Å². The molecule has 1 aliphatic rings. The summed E-state index contributed by atoms with van der Waals surface area (Å²) >= 11 is 7.47. The molecule has 1 aliphatic heterocycles. The number of H-pyrrole nitrogens is 1. The van der Waals surface area contributed by atoms with Crippen LogP contribution in [0.2, 0.25) is 5.02 Å². The molecule has 1 saturated heterocycles. The lowest BCUT2D eigenvalue weighted by molar-refractivity contribution is 0.543. The Morgan fingerprint density at radius 1 is 1.16 bits per heavy atom. The summed E-state index contributed by atoms with van der Waals surface area (Å²) in [6, 6.07) is 16.6. The van der Waals surface area contributed by atoms with E-state index in [2.05, 4.69) is 52.9 Å². The largest absolute Gasteiger partial charge is 0.365 e. The molecule has 0 spiro atoms. The summed E-state index contributed by atoms with van der Waals surface area (Å²) < 4.78 is 0.653. The van der Waals surface area contributed by atoms with Gasteiger partial charge < -0.3 is 9.80 Å². The van der Waals surface area contributed by atoms with Gasteiger partial charge in [0.2, 0.25) is 5.95 Å². The van der Waals surface area contributed by atoms with Crippen LogP contribution in [0, 0.1) is 6.92 Å². The smallest absolute Gasteiger partial charge is 0.270 e. The maximum atomic E-state index is 12.8. The number of nitrogens with one attached hydrogen (secondary N) is 1. The number of hydrogen-bond acceptors (Lipinski definition) is 5. The van der Waals surface area contributed by atoms with Crippen LogP contribution in [-0.2, 0) is 0 Å². The summed E-state index contributed by atoms with van der Waals surface area (Å²) in [5, 5.41) is 2.69. The number of thiophene rings is 1. The highest BCUT2D eigenvalue weighted by Crippen LogP contribution is 2.32. The van der Waals surface area contributed by atoms with E-state index in [0.29, 0.717) is 21.7 Å². The zero-order valence-corrected chi connectivity index (χ0v) is 19.0. The number of aromatic amines is 1. The number of fused-ring (bicyclic) bond motifs is 1. The maximum Gasteiger partial charge on any atom is 0.270 e. The highest BCUT2D eigenvalue weighted by atomic mass is 35.5. The van der Waals surface area contributed by atoms with Gasteiger partial charge in [0.25, 0.3) is 5.56 Å². The van der Waals surface area contributed by atoms with Gasteiger partial charge in [0.05, 0.1) is 5.52 Å². The lowest BCUT2D eigenvalue weighted by Gasteiger charge is -2.41. The van der Waals surface area contributed by atoms with Crippen molar-refractivity contribution in [3.05, 3.63) is 74.9 Å². The van der Waals surface area contributed by atoms with E-state index in [4.69, 9.17) is 16.6 Å². The molecule has 158 valence electrons. The number of hydrogen-bond donors (Lipinski definition) is 1. The number of halogens is 1. The number of nitrogens with zero attached hydrogens (tertiary/aromatic N) is 3. The Bertz CT molecular complexity index is 1300. The molecular weight excluding hydrogens is 428 g/mol. The molecule has 0 saturated carbocycles. The average Bonchev–Trinajstić information content (AvgIpc) is 3.19. The zero-order valence-electron chi connectivity index (χ0n) is 17.4. The molecule has 1 N–H and O–H groups in total. The highest BCUT2D eigenvalue weighted by Gasteiger charge is 2.26. The molecule has 0 amide bonds. The second kappa shape index (κ2) is 8.02. The van der Waals surface area contributed by atoms with Crippen LogP contribution in [0.15, 0.2) is 58.7 Å². The van der Waals surface area contributed by atoms with Crippen molar-refractivity contribution in [2.45, 2.75) is 19.9 Å². The van der Waals surface area contributed by atoms with E-state index in [-0.39, 0.29) is 5.56 Å².